The summed E-state index contributed by atoms with van der Waals surface area (Å²) in [4.78, 5) is 0. The van der Waals surface area contributed by atoms with Crippen LogP contribution in [0.15, 0.2) is 0 Å². The quantitative estimate of drug-likeness (QED) is 0.645. The Bertz CT molecular complexity index is 109. The third-order valence-electron chi connectivity index (χ3n) is 3.05. The van der Waals surface area contributed by atoms with E-state index in [-0.39, 0.29) is 0 Å². The molecule has 0 aromatic heterocycles. The first-order valence-corrected chi connectivity index (χ1v) is 4.93. The summed E-state index contributed by atoms with van der Waals surface area (Å²) in [5.74, 6) is 1.78. The minimum Gasteiger partial charge on any atom is -0.317 e. The molecule has 1 saturated carbocycles. The van der Waals surface area contributed by atoms with E-state index in [0.717, 1.165) is 17.9 Å². The van der Waals surface area contributed by atoms with Crippen molar-refractivity contribution in [2.75, 3.05) is 7.05 Å². The van der Waals surface area contributed by atoms with Gasteiger partial charge in [-0.3, -0.25) is 0 Å². The molecule has 1 aliphatic carbocycles. The Morgan fingerprint density at radius 3 is 2.27 bits per heavy atom. The van der Waals surface area contributed by atoms with Crippen LogP contribution in [0.25, 0.3) is 0 Å². The Morgan fingerprint density at radius 2 is 1.82 bits per heavy atom. The van der Waals surface area contributed by atoms with Crippen molar-refractivity contribution >= 4 is 0 Å². The average molecular weight is 155 g/mol. The minimum atomic E-state index is 0.795. The molecule has 0 heterocycles. The first-order valence-electron chi connectivity index (χ1n) is 4.93. The lowest BCUT2D eigenvalue weighted by atomic mass is 9.78. The smallest absolute Gasteiger partial charge is 0.00947 e. The second-order valence-corrected chi connectivity index (χ2v) is 4.09. The van der Waals surface area contributed by atoms with E-state index in [9.17, 15) is 0 Å². The van der Waals surface area contributed by atoms with Gasteiger partial charge in [0.15, 0.2) is 0 Å². The molecule has 2 unspecified atom stereocenters. The van der Waals surface area contributed by atoms with E-state index in [2.05, 4.69) is 26.2 Å². The molecule has 1 heteroatoms. The molecule has 0 amide bonds. The highest BCUT2D eigenvalue weighted by Gasteiger charge is 2.25. The van der Waals surface area contributed by atoms with Gasteiger partial charge < -0.3 is 5.32 Å². The maximum absolute atomic E-state index is 3.44. The highest BCUT2D eigenvalue weighted by molar-refractivity contribution is 4.81. The van der Waals surface area contributed by atoms with E-state index in [1.165, 1.54) is 25.7 Å². The second-order valence-electron chi connectivity index (χ2n) is 4.09. The predicted molar refractivity (Wildman–Crippen MR) is 49.6 cm³/mol. The number of hydrogen-bond donors (Lipinski definition) is 1. The molecule has 2 atom stereocenters. The van der Waals surface area contributed by atoms with Gasteiger partial charge in [-0.25, -0.2) is 0 Å². The van der Waals surface area contributed by atoms with Gasteiger partial charge >= 0.3 is 0 Å². The highest BCUT2D eigenvalue weighted by atomic mass is 14.9. The average Bonchev–Trinajstić information content (AvgIpc) is 2.04. The van der Waals surface area contributed by atoms with Gasteiger partial charge in [0.2, 0.25) is 0 Å². The zero-order chi connectivity index (χ0) is 8.27. The summed E-state index contributed by atoms with van der Waals surface area (Å²) in [6, 6.07) is 0.795. The molecule has 0 aliphatic heterocycles. The van der Waals surface area contributed by atoms with Gasteiger partial charge in [0.05, 0.1) is 0 Å². The normalized spacial score (nSPS) is 32.7. The lowest BCUT2D eigenvalue weighted by molar-refractivity contribution is 0.214. The fourth-order valence-electron chi connectivity index (χ4n) is 2.32. The molecular formula is C10H21N. The molecule has 0 aromatic rings. The van der Waals surface area contributed by atoms with Crippen LogP contribution in [0.4, 0.5) is 0 Å². The van der Waals surface area contributed by atoms with E-state index >= 15 is 0 Å². The molecule has 1 N–H and O–H groups in total. The van der Waals surface area contributed by atoms with Crippen molar-refractivity contribution in [2.24, 2.45) is 11.8 Å². The van der Waals surface area contributed by atoms with Crippen molar-refractivity contribution in [3.05, 3.63) is 0 Å². The van der Waals surface area contributed by atoms with Crippen LogP contribution in [-0.2, 0) is 0 Å². The standard InChI is InChI=1S/C10H21N/c1-8(2)9-6-4-5-7-10(9)11-3/h8-11H,4-7H2,1-3H3. The number of hydrogen-bond acceptors (Lipinski definition) is 1. The van der Waals surface area contributed by atoms with Crippen LogP contribution < -0.4 is 5.32 Å². The zero-order valence-electron chi connectivity index (χ0n) is 8.06. The minimum absolute atomic E-state index is 0.795. The topological polar surface area (TPSA) is 12.0 Å². The van der Waals surface area contributed by atoms with Crippen LogP contribution in [0.1, 0.15) is 39.5 Å². The van der Waals surface area contributed by atoms with Crippen LogP contribution in [0.3, 0.4) is 0 Å². The third-order valence-corrected chi connectivity index (χ3v) is 3.05. The molecule has 66 valence electrons. The molecule has 1 aliphatic rings. The molecule has 1 rings (SSSR count). The summed E-state index contributed by atoms with van der Waals surface area (Å²) in [6.45, 7) is 4.70. The van der Waals surface area contributed by atoms with Gasteiger partial charge in [-0.05, 0) is 31.7 Å². The summed E-state index contributed by atoms with van der Waals surface area (Å²) in [5, 5.41) is 3.44. The molecule has 0 saturated heterocycles. The Morgan fingerprint density at radius 1 is 1.18 bits per heavy atom. The first-order chi connectivity index (χ1) is 5.25. The van der Waals surface area contributed by atoms with Gasteiger partial charge in [-0.15, -0.1) is 0 Å². The van der Waals surface area contributed by atoms with Crippen molar-refractivity contribution in [1.82, 2.24) is 5.32 Å². The SMILES string of the molecule is CNC1CCCCC1C(C)C. The maximum atomic E-state index is 3.44. The van der Waals surface area contributed by atoms with Gasteiger partial charge in [-0.1, -0.05) is 26.7 Å². The lowest BCUT2D eigenvalue weighted by Gasteiger charge is -2.34. The molecule has 0 aromatic carbocycles. The second kappa shape index (κ2) is 4.10. The van der Waals surface area contributed by atoms with Crippen molar-refractivity contribution in [3.8, 4) is 0 Å². The van der Waals surface area contributed by atoms with Crippen LogP contribution >= 0.6 is 0 Å². The Balaban J connectivity index is 2.44. The van der Waals surface area contributed by atoms with Crippen LogP contribution in [0, 0.1) is 11.8 Å². The van der Waals surface area contributed by atoms with E-state index < -0.39 is 0 Å². The Hall–Kier alpha value is -0.0400. The van der Waals surface area contributed by atoms with Gasteiger partial charge in [0.1, 0.15) is 0 Å². The third kappa shape index (κ3) is 2.19. The van der Waals surface area contributed by atoms with Gasteiger partial charge in [0, 0.05) is 6.04 Å². The molecule has 0 bridgehead atoms. The van der Waals surface area contributed by atoms with Crippen molar-refractivity contribution < 1.29 is 0 Å². The summed E-state index contributed by atoms with van der Waals surface area (Å²) in [7, 11) is 2.10. The van der Waals surface area contributed by atoms with Crippen LogP contribution in [0.5, 0.6) is 0 Å². The fraction of sp³-hybridized carbons (Fsp3) is 1.00. The first kappa shape index (κ1) is 9.05. The Kier molecular flexibility index (Phi) is 3.38. The monoisotopic (exact) mass is 155 g/mol. The lowest BCUT2D eigenvalue weighted by Crippen LogP contribution is -2.38. The summed E-state index contributed by atoms with van der Waals surface area (Å²) >= 11 is 0. The van der Waals surface area contributed by atoms with Gasteiger partial charge in [0.25, 0.3) is 0 Å². The van der Waals surface area contributed by atoms with Crippen LogP contribution in [0.2, 0.25) is 0 Å². The molecular weight excluding hydrogens is 134 g/mol. The summed E-state index contributed by atoms with van der Waals surface area (Å²) in [6.07, 6.45) is 5.69. The summed E-state index contributed by atoms with van der Waals surface area (Å²) in [5.41, 5.74) is 0. The van der Waals surface area contributed by atoms with E-state index in [0.29, 0.717) is 0 Å². The van der Waals surface area contributed by atoms with E-state index in [1.54, 1.807) is 0 Å². The van der Waals surface area contributed by atoms with Crippen molar-refractivity contribution in [2.45, 2.75) is 45.6 Å². The number of rotatable bonds is 2. The number of nitrogens with one attached hydrogen (secondary N) is 1. The molecule has 0 radical (unpaired) electrons. The molecule has 1 nitrogen and oxygen atoms in total. The molecule has 0 spiro atoms. The van der Waals surface area contributed by atoms with Crippen LogP contribution in [-0.4, -0.2) is 13.1 Å². The Labute approximate surface area is 70.6 Å². The largest absolute Gasteiger partial charge is 0.317 e. The highest BCUT2D eigenvalue weighted by Crippen LogP contribution is 2.29. The zero-order valence-corrected chi connectivity index (χ0v) is 8.06. The van der Waals surface area contributed by atoms with Gasteiger partial charge in [-0.2, -0.15) is 0 Å². The van der Waals surface area contributed by atoms with E-state index in [1.807, 2.05) is 0 Å². The predicted octanol–water partition coefficient (Wildman–Crippen LogP) is 2.42. The summed E-state index contributed by atoms with van der Waals surface area (Å²) < 4.78 is 0. The molecule has 1 fully saturated rings. The maximum Gasteiger partial charge on any atom is 0.00947 e. The van der Waals surface area contributed by atoms with E-state index in [4.69, 9.17) is 0 Å². The van der Waals surface area contributed by atoms with Crippen molar-refractivity contribution in [1.29, 1.82) is 0 Å². The van der Waals surface area contributed by atoms with Crippen molar-refractivity contribution in [3.63, 3.8) is 0 Å². The fourth-order valence-corrected chi connectivity index (χ4v) is 2.32. The molecule has 11 heavy (non-hydrogen) atoms.